The third-order valence-corrected chi connectivity index (χ3v) is 1.75. The maximum Gasteiger partial charge on any atom is 0.343 e. The summed E-state index contributed by atoms with van der Waals surface area (Å²) in [5, 5.41) is 0. The summed E-state index contributed by atoms with van der Waals surface area (Å²) in [6.45, 7) is 0.858. The summed E-state index contributed by atoms with van der Waals surface area (Å²) in [6.07, 6.45) is -2.62. The molecule has 0 N–H and O–H groups in total. The highest BCUT2D eigenvalue weighted by Crippen LogP contribution is 2.17. The Hall–Kier alpha value is -1.72. The van der Waals surface area contributed by atoms with Crippen molar-refractivity contribution in [3.63, 3.8) is 0 Å². The Kier molecular flexibility index (Phi) is 4.16. The molecule has 0 aliphatic rings. The lowest BCUT2D eigenvalue weighted by Gasteiger charge is -2.09. The molecule has 88 valence electrons. The van der Waals surface area contributed by atoms with Gasteiger partial charge in [0.05, 0.1) is 7.11 Å². The molecule has 0 aliphatic heterocycles. The van der Waals surface area contributed by atoms with Gasteiger partial charge >= 0.3 is 5.97 Å². The molecule has 0 saturated heterocycles. The summed E-state index contributed by atoms with van der Waals surface area (Å²) in [5.41, 5.74) is 0.602. The second-order valence-electron chi connectivity index (χ2n) is 3.00. The van der Waals surface area contributed by atoms with Gasteiger partial charge in [-0.25, -0.2) is 18.6 Å². The summed E-state index contributed by atoms with van der Waals surface area (Å²) in [4.78, 5) is 15.1. The van der Waals surface area contributed by atoms with Gasteiger partial charge in [-0.2, -0.15) is 0 Å². The molecular weight excluding hydrogens is 220 g/mol. The van der Waals surface area contributed by atoms with Crippen LogP contribution in [0.3, 0.4) is 0 Å². The highest BCUT2D eigenvalue weighted by atomic mass is 19.3. The normalized spacial score (nSPS) is 10.3. The molecule has 0 aliphatic carbocycles. The predicted molar refractivity (Wildman–Crippen MR) is 51.8 cm³/mol. The van der Waals surface area contributed by atoms with Crippen molar-refractivity contribution in [2.75, 3.05) is 13.7 Å². The molecule has 0 amide bonds. The van der Waals surface area contributed by atoms with E-state index in [4.69, 9.17) is 4.74 Å². The molecule has 1 rings (SSSR count). The molecule has 0 atom stereocenters. The van der Waals surface area contributed by atoms with Gasteiger partial charge in [0.15, 0.2) is 6.61 Å². The van der Waals surface area contributed by atoms with E-state index in [0.29, 0.717) is 5.69 Å². The number of pyridine rings is 1. The number of carbonyl (C=O) groups excluding carboxylic acids is 1. The number of rotatable bonds is 4. The first-order valence-corrected chi connectivity index (χ1v) is 4.51. The number of halogens is 2. The molecule has 4 nitrogen and oxygen atoms in total. The van der Waals surface area contributed by atoms with E-state index in [1.165, 1.54) is 13.2 Å². The average Bonchev–Trinajstić information content (AvgIpc) is 2.25. The Balaban J connectivity index is 2.94. The van der Waals surface area contributed by atoms with Crippen molar-refractivity contribution in [2.24, 2.45) is 0 Å². The van der Waals surface area contributed by atoms with Crippen LogP contribution in [0, 0.1) is 6.92 Å². The smallest absolute Gasteiger partial charge is 0.343 e. The average molecular weight is 231 g/mol. The Morgan fingerprint density at radius 1 is 1.50 bits per heavy atom. The van der Waals surface area contributed by atoms with E-state index >= 15 is 0 Å². The van der Waals surface area contributed by atoms with Crippen LogP contribution in [-0.4, -0.2) is 31.1 Å². The summed E-state index contributed by atoms with van der Waals surface area (Å²) >= 11 is 0. The molecule has 0 saturated carbocycles. The van der Waals surface area contributed by atoms with Crippen molar-refractivity contribution in [1.82, 2.24) is 4.98 Å². The van der Waals surface area contributed by atoms with E-state index in [1.807, 2.05) is 0 Å². The predicted octanol–water partition coefficient (Wildman–Crippen LogP) is 1.82. The van der Waals surface area contributed by atoms with Crippen molar-refractivity contribution in [2.45, 2.75) is 13.3 Å². The van der Waals surface area contributed by atoms with Gasteiger partial charge in [-0.15, -0.1) is 0 Å². The maximum absolute atomic E-state index is 12.0. The van der Waals surface area contributed by atoms with Gasteiger partial charge in [-0.3, -0.25) is 0 Å². The number of hydrogen-bond acceptors (Lipinski definition) is 4. The molecule has 0 spiro atoms. The lowest BCUT2D eigenvalue weighted by molar-refractivity contribution is 0.0573. The Bertz CT molecular complexity index is 382. The SMILES string of the molecule is COC(=O)c1ccc(C)nc1OCC(F)F. The first-order valence-electron chi connectivity index (χ1n) is 4.51. The first kappa shape index (κ1) is 12.4. The Morgan fingerprint density at radius 2 is 2.19 bits per heavy atom. The minimum atomic E-state index is -2.62. The summed E-state index contributed by atoms with van der Waals surface area (Å²) in [7, 11) is 1.19. The van der Waals surface area contributed by atoms with Gasteiger partial charge in [0.25, 0.3) is 6.43 Å². The van der Waals surface area contributed by atoms with Crippen LogP contribution in [0.5, 0.6) is 5.88 Å². The topological polar surface area (TPSA) is 48.4 Å². The van der Waals surface area contributed by atoms with Gasteiger partial charge in [-0.1, -0.05) is 0 Å². The van der Waals surface area contributed by atoms with Gasteiger partial charge in [-0.05, 0) is 19.1 Å². The summed E-state index contributed by atoms with van der Waals surface area (Å²) in [6, 6.07) is 3.00. The first-order chi connectivity index (χ1) is 7.54. The fourth-order valence-corrected chi connectivity index (χ4v) is 1.05. The van der Waals surface area contributed by atoms with Crippen LogP contribution >= 0.6 is 0 Å². The maximum atomic E-state index is 12.0. The number of aryl methyl sites for hydroxylation is 1. The standard InChI is InChI=1S/C10H11F2NO3/c1-6-3-4-7(10(14)15-2)9(13-6)16-5-8(11)12/h3-4,8H,5H2,1-2H3. The van der Waals surface area contributed by atoms with Crippen molar-refractivity contribution < 1.29 is 23.0 Å². The summed E-state index contributed by atoms with van der Waals surface area (Å²) in [5.74, 6) is -0.802. The number of esters is 1. The van der Waals surface area contributed by atoms with Crippen molar-refractivity contribution in [3.8, 4) is 5.88 Å². The number of aromatic nitrogens is 1. The molecule has 0 fully saturated rings. The van der Waals surface area contributed by atoms with Gasteiger partial charge < -0.3 is 9.47 Å². The zero-order valence-electron chi connectivity index (χ0n) is 8.87. The Morgan fingerprint density at radius 3 is 2.75 bits per heavy atom. The molecule has 6 heteroatoms. The molecule has 0 radical (unpaired) electrons. The van der Waals surface area contributed by atoms with Crippen LogP contribution in [0.2, 0.25) is 0 Å². The highest BCUT2D eigenvalue weighted by Gasteiger charge is 2.16. The second kappa shape index (κ2) is 5.39. The fraction of sp³-hybridized carbons (Fsp3) is 0.400. The second-order valence-corrected chi connectivity index (χ2v) is 3.00. The van der Waals surface area contributed by atoms with E-state index in [1.54, 1.807) is 13.0 Å². The molecule has 16 heavy (non-hydrogen) atoms. The number of hydrogen-bond donors (Lipinski definition) is 0. The number of ether oxygens (including phenoxy) is 2. The third kappa shape index (κ3) is 3.15. The minimum Gasteiger partial charge on any atom is -0.471 e. The van der Waals surface area contributed by atoms with Crippen LogP contribution in [-0.2, 0) is 4.74 Å². The van der Waals surface area contributed by atoms with E-state index < -0.39 is 19.0 Å². The van der Waals surface area contributed by atoms with Crippen LogP contribution < -0.4 is 4.74 Å². The Labute approximate surface area is 91.2 Å². The monoisotopic (exact) mass is 231 g/mol. The van der Waals surface area contributed by atoms with Gasteiger partial charge in [0.1, 0.15) is 5.56 Å². The van der Waals surface area contributed by atoms with Crippen molar-refractivity contribution in [3.05, 3.63) is 23.4 Å². The zero-order chi connectivity index (χ0) is 12.1. The summed E-state index contributed by atoms with van der Waals surface area (Å²) < 4.78 is 33.2. The van der Waals surface area contributed by atoms with Crippen molar-refractivity contribution >= 4 is 5.97 Å². The third-order valence-electron chi connectivity index (χ3n) is 1.75. The molecule has 0 bridgehead atoms. The van der Waals surface area contributed by atoms with Crippen LogP contribution in [0.25, 0.3) is 0 Å². The van der Waals surface area contributed by atoms with Gasteiger partial charge in [0, 0.05) is 5.69 Å². The number of alkyl halides is 2. The van der Waals surface area contributed by atoms with E-state index in [2.05, 4.69) is 9.72 Å². The molecular formula is C10H11F2NO3. The van der Waals surface area contributed by atoms with E-state index in [9.17, 15) is 13.6 Å². The fourth-order valence-electron chi connectivity index (χ4n) is 1.05. The van der Waals surface area contributed by atoms with Gasteiger partial charge in [0.2, 0.25) is 5.88 Å². The minimum absolute atomic E-state index is 0.0359. The molecule has 1 heterocycles. The number of nitrogens with zero attached hydrogens (tertiary/aromatic N) is 1. The molecule has 1 aromatic heterocycles. The molecule has 1 aromatic rings. The lowest BCUT2D eigenvalue weighted by atomic mass is 10.2. The number of carbonyl (C=O) groups is 1. The number of methoxy groups -OCH3 is 1. The van der Waals surface area contributed by atoms with Crippen LogP contribution in [0.1, 0.15) is 16.1 Å². The zero-order valence-corrected chi connectivity index (χ0v) is 8.87. The van der Waals surface area contributed by atoms with E-state index in [0.717, 1.165) is 0 Å². The highest BCUT2D eigenvalue weighted by molar-refractivity contribution is 5.91. The lowest BCUT2D eigenvalue weighted by Crippen LogP contribution is -2.12. The quantitative estimate of drug-likeness (QED) is 0.741. The van der Waals surface area contributed by atoms with E-state index in [-0.39, 0.29) is 11.4 Å². The largest absolute Gasteiger partial charge is 0.471 e. The van der Waals surface area contributed by atoms with Crippen molar-refractivity contribution in [1.29, 1.82) is 0 Å². The van der Waals surface area contributed by atoms with Crippen LogP contribution in [0.4, 0.5) is 8.78 Å². The molecule has 0 unspecified atom stereocenters. The molecule has 0 aromatic carbocycles. The van der Waals surface area contributed by atoms with Crippen LogP contribution in [0.15, 0.2) is 12.1 Å².